The smallest absolute Gasteiger partial charge is 0.305 e. The second-order valence-electron chi connectivity index (χ2n) is 5.01. The maximum Gasteiger partial charge on any atom is 0.305 e. The van der Waals surface area contributed by atoms with Gasteiger partial charge in [0, 0.05) is 21.0 Å². The number of methoxy groups -OCH3 is 1. The number of ether oxygens (including phenoxy) is 5. The normalized spacial score (nSPS) is 16.4. The van der Waals surface area contributed by atoms with E-state index < -0.39 is 36.7 Å². The number of hydrogen-bond acceptors (Lipinski definition) is 8. The fraction of sp³-hybridized carbons (Fsp3) is 0.750. The van der Waals surface area contributed by atoms with Gasteiger partial charge >= 0.3 is 11.9 Å². The van der Waals surface area contributed by atoms with Crippen LogP contribution in [-0.4, -0.2) is 62.2 Å². The molecule has 0 bridgehead atoms. The van der Waals surface area contributed by atoms with E-state index in [-0.39, 0.29) is 13.2 Å². The molecule has 140 valence electrons. The molecule has 0 aliphatic heterocycles. The summed E-state index contributed by atoms with van der Waals surface area (Å²) < 4.78 is 26.1. The van der Waals surface area contributed by atoms with Gasteiger partial charge in [0.1, 0.15) is 12.7 Å². The first kappa shape index (κ1) is 22.5. The van der Waals surface area contributed by atoms with Gasteiger partial charge < -0.3 is 28.8 Å². The molecule has 4 atom stereocenters. The van der Waals surface area contributed by atoms with E-state index in [1.165, 1.54) is 27.9 Å². The molecule has 0 aromatic heterocycles. The minimum atomic E-state index is -1.13. The van der Waals surface area contributed by atoms with E-state index in [4.69, 9.17) is 23.7 Å². The maximum atomic E-state index is 11.2. The van der Waals surface area contributed by atoms with Gasteiger partial charge in [-0.15, -0.1) is 0 Å². The van der Waals surface area contributed by atoms with Gasteiger partial charge in [0.15, 0.2) is 0 Å². The van der Waals surface area contributed by atoms with Gasteiger partial charge in [0.25, 0.3) is 6.29 Å². The highest BCUT2D eigenvalue weighted by Crippen LogP contribution is 2.14. The molecule has 0 spiro atoms. The average molecular weight is 348 g/mol. The third-order valence-electron chi connectivity index (χ3n) is 2.79. The zero-order valence-electron chi connectivity index (χ0n) is 14.9. The molecular formula is C16H28O8. The molecule has 0 saturated heterocycles. The van der Waals surface area contributed by atoms with Gasteiger partial charge in [-0.25, -0.2) is 0 Å². The third-order valence-corrected chi connectivity index (χ3v) is 2.79. The van der Waals surface area contributed by atoms with Crippen LogP contribution in [0.2, 0.25) is 0 Å². The first-order chi connectivity index (χ1) is 11.3. The fourth-order valence-electron chi connectivity index (χ4n) is 1.61. The molecule has 8 nitrogen and oxygen atoms in total. The second kappa shape index (κ2) is 12.9. The summed E-state index contributed by atoms with van der Waals surface area (Å²) >= 11 is 0. The summed E-state index contributed by atoms with van der Waals surface area (Å²) in [5.74, 6) is -1.08. The molecule has 8 heteroatoms. The zero-order chi connectivity index (χ0) is 18.5. The molecule has 1 N–H and O–H groups in total. The Morgan fingerprint density at radius 3 is 2.25 bits per heavy atom. The molecule has 0 aliphatic carbocycles. The highest BCUT2D eigenvalue weighted by Gasteiger charge is 2.31. The van der Waals surface area contributed by atoms with E-state index in [9.17, 15) is 14.7 Å². The number of rotatable bonds is 12. The Labute approximate surface area is 142 Å². The zero-order valence-corrected chi connectivity index (χ0v) is 14.9. The fourth-order valence-corrected chi connectivity index (χ4v) is 1.61. The lowest BCUT2D eigenvalue weighted by atomic mass is 10.2. The predicted molar refractivity (Wildman–Crippen MR) is 84.9 cm³/mol. The lowest BCUT2D eigenvalue weighted by molar-refractivity contribution is -0.289. The van der Waals surface area contributed by atoms with E-state index in [1.807, 2.05) is 13.0 Å². The Morgan fingerprint density at radius 2 is 1.79 bits per heavy atom. The number of aliphatic hydroxyl groups excluding tert-OH is 1. The van der Waals surface area contributed by atoms with Crippen LogP contribution in [0.25, 0.3) is 0 Å². The Balaban J connectivity index is 4.98. The summed E-state index contributed by atoms with van der Waals surface area (Å²) in [5, 5.41) is 9.79. The molecule has 0 rings (SSSR count). The van der Waals surface area contributed by atoms with Crippen LogP contribution >= 0.6 is 0 Å². The number of esters is 2. The van der Waals surface area contributed by atoms with E-state index in [2.05, 4.69) is 0 Å². The summed E-state index contributed by atoms with van der Waals surface area (Å²) in [4.78, 5) is 22.1. The van der Waals surface area contributed by atoms with E-state index in [0.29, 0.717) is 0 Å². The highest BCUT2D eigenvalue weighted by atomic mass is 16.8. The molecule has 0 aromatic rings. The minimum Gasteiger partial charge on any atom is -0.463 e. The van der Waals surface area contributed by atoms with Crippen LogP contribution in [-0.2, 0) is 33.3 Å². The lowest BCUT2D eigenvalue weighted by Gasteiger charge is -2.30. The highest BCUT2D eigenvalue weighted by molar-refractivity contribution is 5.66. The molecule has 0 radical (unpaired) electrons. The standard InChI is InChI=1S/C16H28O8/c1-6-7-8-9-21-16(15(20-5)23-13(4)19)24-14(11(2)17)10-22-12(3)18/h7-8,11,14-17H,6,9-10H2,1-5H3. The van der Waals surface area contributed by atoms with Crippen molar-refractivity contribution < 1.29 is 38.4 Å². The van der Waals surface area contributed by atoms with Crippen LogP contribution in [0.1, 0.15) is 34.1 Å². The van der Waals surface area contributed by atoms with Crippen molar-refractivity contribution >= 4 is 11.9 Å². The third kappa shape index (κ3) is 10.3. The Kier molecular flexibility index (Phi) is 12.1. The SMILES string of the molecule is CCC=CCOC(OC(COC(C)=O)C(C)O)C(OC)OC(C)=O. The molecule has 0 aromatic carbocycles. The van der Waals surface area contributed by atoms with Gasteiger partial charge in [-0.1, -0.05) is 19.1 Å². The van der Waals surface area contributed by atoms with E-state index in [0.717, 1.165) is 6.42 Å². The van der Waals surface area contributed by atoms with Crippen LogP contribution in [0, 0.1) is 0 Å². The molecule has 0 fully saturated rings. The molecule has 0 heterocycles. The predicted octanol–water partition coefficient (Wildman–Crippen LogP) is 1.16. The van der Waals surface area contributed by atoms with Crippen molar-refractivity contribution in [3.63, 3.8) is 0 Å². The van der Waals surface area contributed by atoms with Crippen LogP contribution in [0.15, 0.2) is 12.2 Å². The Bertz CT molecular complexity index is 394. The average Bonchev–Trinajstić information content (AvgIpc) is 2.50. The summed E-state index contributed by atoms with van der Waals surface area (Å²) in [6.07, 6.45) is 0.469. The van der Waals surface area contributed by atoms with Gasteiger partial charge in [0.2, 0.25) is 6.29 Å². The monoisotopic (exact) mass is 348 g/mol. The van der Waals surface area contributed by atoms with Crippen molar-refractivity contribution in [1.82, 2.24) is 0 Å². The quantitative estimate of drug-likeness (QED) is 0.319. The molecule has 0 amide bonds. The first-order valence-electron chi connectivity index (χ1n) is 7.75. The van der Waals surface area contributed by atoms with Gasteiger partial charge in [-0.2, -0.15) is 0 Å². The number of carbonyl (C=O) groups is 2. The molecule has 24 heavy (non-hydrogen) atoms. The maximum absolute atomic E-state index is 11.2. The Morgan fingerprint density at radius 1 is 1.12 bits per heavy atom. The minimum absolute atomic E-state index is 0.172. The van der Waals surface area contributed by atoms with Crippen molar-refractivity contribution in [3.05, 3.63) is 12.2 Å². The number of aliphatic hydroxyl groups is 1. The first-order valence-corrected chi connectivity index (χ1v) is 7.75. The van der Waals surface area contributed by atoms with E-state index in [1.54, 1.807) is 6.08 Å². The number of hydrogen-bond donors (Lipinski definition) is 1. The summed E-state index contributed by atoms with van der Waals surface area (Å²) in [7, 11) is 1.33. The molecule has 4 unspecified atom stereocenters. The van der Waals surface area contributed by atoms with Crippen LogP contribution < -0.4 is 0 Å². The van der Waals surface area contributed by atoms with Crippen molar-refractivity contribution in [2.24, 2.45) is 0 Å². The van der Waals surface area contributed by atoms with Crippen LogP contribution in [0.5, 0.6) is 0 Å². The van der Waals surface area contributed by atoms with E-state index >= 15 is 0 Å². The van der Waals surface area contributed by atoms with Crippen molar-refractivity contribution in [2.45, 2.75) is 58.9 Å². The molecule has 0 saturated carbocycles. The number of carbonyl (C=O) groups excluding carboxylic acids is 2. The van der Waals surface area contributed by atoms with Gasteiger partial charge in [-0.05, 0) is 13.3 Å². The summed E-state index contributed by atoms with van der Waals surface area (Å²) in [6.45, 7) is 5.96. The second-order valence-corrected chi connectivity index (χ2v) is 5.01. The van der Waals surface area contributed by atoms with Gasteiger partial charge in [0.05, 0.1) is 12.7 Å². The van der Waals surface area contributed by atoms with Gasteiger partial charge in [-0.3, -0.25) is 9.59 Å². The van der Waals surface area contributed by atoms with Crippen molar-refractivity contribution in [1.29, 1.82) is 0 Å². The topological polar surface area (TPSA) is 101 Å². The molecular weight excluding hydrogens is 320 g/mol. The van der Waals surface area contributed by atoms with Crippen LogP contribution in [0.3, 0.4) is 0 Å². The largest absolute Gasteiger partial charge is 0.463 e. The number of allylic oxidation sites excluding steroid dienone is 1. The Hall–Kier alpha value is -1.48. The van der Waals surface area contributed by atoms with Crippen molar-refractivity contribution in [2.75, 3.05) is 20.3 Å². The van der Waals surface area contributed by atoms with Crippen molar-refractivity contribution in [3.8, 4) is 0 Å². The summed E-state index contributed by atoms with van der Waals surface area (Å²) in [6, 6.07) is 0. The van der Waals surface area contributed by atoms with Crippen LogP contribution in [0.4, 0.5) is 0 Å². The molecule has 0 aliphatic rings. The lowest BCUT2D eigenvalue weighted by Crippen LogP contribution is -2.44. The summed E-state index contributed by atoms with van der Waals surface area (Å²) in [5.41, 5.74) is 0.